The van der Waals surface area contributed by atoms with Crippen molar-refractivity contribution in [3.05, 3.63) is 41.5 Å². The second-order valence-corrected chi connectivity index (χ2v) is 10.1. The van der Waals surface area contributed by atoms with Gasteiger partial charge in [-0.15, -0.1) is 10.2 Å². The second kappa shape index (κ2) is 9.94. The number of aliphatic imine (C=N–C) groups is 1. The first-order valence-electron chi connectivity index (χ1n) is 11.2. The minimum absolute atomic E-state index is 0.389. The molecule has 0 atom stereocenters. The van der Waals surface area contributed by atoms with E-state index >= 15 is 0 Å². The van der Waals surface area contributed by atoms with Gasteiger partial charge in [-0.05, 0) is 37.5 Å². The number of aromatic nitrogens is 3. The van der Waals surface area contributed by atoms with Crippen LogP contribution in [-0.4, -0.2) is 56.3 Å². The Morgan fingerprint density at radius 1 is 1.19 bits per heavy atom. The third-order valence-electron chi connectivity index (χ3n) is 6.47. The van der Waals surface area contributed by atoms with Gasteiger partial charge in [-0.25, -0.2) is 4.99 Å². The third-order valence-corrected chi connectivity index (χ3v) is 8.01. The van der Waals surface area contributed by atoms with Gasteiger partial charge < -0.3 is 19.5 Å². The maximum absolute atomic E-state index is 5.28. The molecule has 0 unspecified atom stereocenters. The number of guanidine groups is 1. The molecule has 1 saturated heterocycles. The van der Waals surface area contributed by atoms with Gasteiger partial charge in [-0.2, -0.15) is 11.8 Å². The molecule has 2 aliphatic rings. The summed E-state index contributed by atoms with van der Waals surface area (Å²) in [4.78, 5) is 7.49. The Kier molecular flexibility index (Phi) is 7.05. The predicted molar refractivity (Wildman–Crippen MR) is 127 cm³/mol. The SMILES string of the molecule is COc1ccc(CN=C(NCc2nnc(C)n2C)N2CCSC3(CCCCC3)C2)cc1. The summed E-state index contributed by atoms with van der Waals surface area (Å²) in [6, 6.07) is 8.16. The van der Waals surface area contributed by atoms with E-state index in [9.17, 15) is 0 Å². The fourth-order valence-electron chi connectivity index (χ4n) is 4.45. The zero-order chi connectivity index (χ0) is 21.7. The Labute approximate surface area is 189 Å². The van der Waals surface area contributed by atoms with E-state index in [1.54, 1.807) is 7.11 Å². The van der Waals surface area contributed by atoms with Gasteiger partial charge in [-0.3, -0.25) is 0 Å². The highest BCUT2D eigenvalue weighted by molar-refractivity contribution is 8.00. The Hall–Kier alpha value is -2.22. The molecule has 1 aliphatic heterocycles. The first-order chi connectivity index (χ1) is 15.1. The Morgan fingerprint density at radius 2 is 1.97 bits per heavy atom. The van der Waals surface area contributed by atoms with E-state index in [0.29, 0.717) is 17.8 Å². The van der Waals surface area contributed by atoms with Gasteiger partial charge in [0.15, 0.2) is 11.8 Å². The molecular weight excluding hydrogens is 408 g/mol. The number of hydrogen-bond acceptors (Lipinski definition) is 5. The van der Waals surface area contributed by atoms with Crippen molar-refractivity contribution in [1.29, 1.82) is 0 Å². The van der Waals surface area contributed by atoms with Crippen molar-refractivity contribution < 1.29 is 4.74 Å². The van der Waals surface area contributed by atoms with Crippen LogP contribution in [0, 0.1) is 6.92 Å². The molecule has 2 heterocycles. The van der Waals surface area contributed by atoms with Gasteiger partial charge in [0.25, 0.3) is 0 Å². The van der Waals surface area contributed by atoms with E-state index in [1.165, 1.54) is 37.7 Å². The van der Waals surface area contributed by atoms with Gasteiger partial charge in [0.2, 0.25) is 0 Å². The summed E-state index contributed by atoms with van der Waals surface area (Å²) in [7, 11) is 3.70. The molecule has 1 spiro atoms. The number of aryl methyl sites for hydroxylation is 1. The summed E-state index contributed by atoms with van der Waals surface area (Å²) in [5, 5.41) is 12.1. The van der Waals surface area contributed by atoms with Gasteiger partial charge in [0.1, 0.15) is 11.6 Å². The van der Waals surface area contributed by atoms with Crippen LogP contribution in [0.15, 0.2) is 29.3 Å². The van der Waals surface area contributed by atoms with E-state index in [2.05, 4.69) is 44.3 Å². The first kappa shape index (κ1) is 22.0. The molecular formula is C23H34N6OS. The van der Waals surface area contributed by atoms with Crippen LogP contribution in [0.25, 0.3) is 0 Å². The maximum atomic E-state index is 5.28. The average Bonchev–Trinajstić information content (AvgIpc) is 3.12. The lowest BCUT2D eigenvalue weighted by Gasteiger charge is -2.45. The normalized spacial score (nSPS) is 18.9. The quantitative estimate of drug-likeness (QED) is 0.564. The molecule has 1 N–H and O–H groups in total. The van der Waals surface area contributed by atoms with Crippen LogP contribution in [0.1, 0.15) is 49.3 Å². The van der Waals surface area contributed by atoms with Gasteiger partial charge >= 0.3 is 0 Å². The zero-order valence-corrected chi connectivity index (χ0v) is 19.7. The van der Waals surface area contributed by atoms with Crippen molar-refractivity contribution in [1.82, 2.24) is 25.0 Å². The van der Waals surface area contributed by atoms with E-state index in [-0.39, 0.29) is 0 Å². The summed E-state index contributed by atoms with van der Waals surface area (Å²) in [5.74, 6) is 4.85. The molecule has 1 aromatic heterocycles. The van der Waals surface area contributed by atoms with Crippen LogP contribution in [0.2, 0.25) is 0 Å². The second-order valence-electron chi connectivity index (χ2n) is 8.58. The van der Waals surface area contributed by atoms with Crippen LogP contribution < -0.4 is 10.1 Å². The topological polar surface area (TPSA) is 67.6 Å². The molecule has 7 nitrogen and oxygen atoms in total. The highest BCUT2D eigenvalue weighted by Crippen LogP contribution is 2.42. The Balaban J connectivity index is 1.51. The fraction of sp³-hybridized carbons (Fsp3) is 0.609. The van der Waals surface area contributed by atoms with E-state index in [4.69, 9.17) is 9.73 Å². The summed E-state index contributed by atoms with van der Waals surface area (Å²) < 4.78 is 7.70. The monoisotopic (exact) mass is 442 g/mol. The number of benzene rings is 1. The van der Waals surface area contributed by atoms with Crippen molar-refractivity contribution in [3.8, 4) is 5.75 Å². The Bertz CT molecular complexity index is 882. The molecule has 1 aliphatic carbocycles. The van der Waals surface area contributed by atoms with Gasteiger partial charge in [-0.1, -0.05) is 31.4 Å². The molecule has 168 valence electrons. The van der Waals surface area contributed by atoms with Crippen molar-refractivity contribution in [2.24, 2.45) is 12.0 Å². The van der Waals surface area contributed by atoms with Crippen LogP contribution in [-0.2, 0) is 20.1 Å². The standard InChI is InChI=1S/C23H34N6OS/c1-18-26-27-21(28(18)2)16-25-22(24-15-19-7-9-20(30-3)10-8-19)29-13-14-31-23(17-29)11-5-4-6-12-23/h7-10H,4-6,11-17H2,1-3H3,(H,24,25). The summed E-state index contributed by atoms with van der Waals surface area (Å²) in [6.45, 7) is 5.34. The number of thioether (sulfide) groups is 1. The maximum Gasteiger partial charge on any atom is 0.194 e. The number of nitrogens with zero attached hydrogens (tertiary/aromatic N) is 5. The zero-order valence-electron chi connectivity index (χ0n) is 18.9. The molecule has 0 radical (unpaired) electrons. The lowest BCUT2D eigenvalue weighted by molar-refractivity contribution is 0.292. The lowest BCUT2D eigenvalue weighted by atomic mass is 9.87. The number of rotatable bonds is 5. The van der Waals surface area contributed by atoms with Crippen LogP contribution in [0.5, 0.6) is 5.75 Å². The van der Waals surface area contributed by atoms with E-state index < -0.39 is 0 Å². The number of hydrogen-bond donors (Lipinski definition) is 1. The largest absolute Gasteiger partial charge is 0.497 e. The Morgan fingerprint density at radius 3 is 2.65 bits per heavy atom. The molecule has 2 aromatic rings. The van der Waals surface area contributed by atoms with E-state index in [1.807, 2.05) is 30.7 Å². The van der Waals surface area contributed by atoms with Crippen LogP contribution in [0.3, 0.4) is 0 Å². The molecule has 0 bridgehead atoms. The van der Waals surface area contributed by atoms with Crippen molar-refractivity contribution in [2.75, 3.05) is 26.0 Å². The average molecular weight is 443 g/mol. The summed E-state index contributed by atoms with van der Waals surface area (Å²) in [5.41, 5.74) is 1.17. The minimum Gasteiger partial charge on any atom is -0.497 e. The molecule has 2 fully saturated rings. The first-order valence-corrected chi connectivity index (χ1v) is 12.2. The highest BCUT2D eigenvalue weighted by atomic mass is 32.2. The van der Waals surface area contributed by atoms with Gasteiger partial charge in [0, 0.05) is 30.6 Å². The highest BCUT2D eigenvalue weighted by Gasteiger charge is 2.38. The molecule has 1 saturated carbocycles. The molecule has 0 amide bonds. The predicted octanol–water partition coefficient (Wildman–Crippen LogP) is 3.53. The fourth-order valence-corrected chi connectivity index (χ4v) is 6.02. The number of ether oxygens (including phenoxy) is 1. The molecule has 1 aromatic carbocycles. The molecule has 8 heteroatoms. The summed E-state index contributed by atoms with van der Waals surface area (Å²) >= 11 is 2.18. The third kappa shape index (κ3) is 5.34. The molecule has 4 rings (SSSR count). The van der Waals surface area contributed by atoms with E-state index in [0.717, 1.165) is 42.2 Å². The lowest BCUT2D eigenvalue weighted by Crippen LogP contribution is -2.53. The number of methoxy groups -OCH3 is 1. The van der Waals surface area contributed by atoms with Crippen molar-refractivity contribution in [2.45, 2.75) is 56.9 Å². The van der Waals surface area contributed by atoms with Gasteiger partial charge in [0.05, 0.1) is 20.2 Å². The van der Waals surface area contributed by atoms with Crippen LogP contribution >= 0.6 is 11.8 Å². The van der Waals surface area contributed by atoms with Crippen molar-refractivity contribution in [3.63, 3.8) is 0 Å². The minimum atomic E-state index is 0.389. The number of nitrogens with one attached hydrogen (secondary N) is 1. The van der Waals surface area contributed by atoms with Crippen LogP contribution in [0.4, 0.5) is 0 Å². The summed E-state index contributed by atoms with van der Waals surface area (Å²) in [6.07, 6.45) is 6.73. The smallest absolute Gasteiger partial charge is 0.194 e. The van der Waals surface area contributed by atoms with Crippen molar-refractivity contribution >= 4 is 17.7 Å². The molecule has 31 heavy (non-hydrogen) atoms.